The highest BCUT2D eigenvalue weighted by Gasteiger charge is 2.30. The molecule has 0 spiro atoms. The van der Waals surface area contributed by atoms with Crippen molar-refractivity contribution in [3.8, 4) is 0 Å². The van der Waals surface area contributed by atoms with E-state index in [0.29, 0.717) is 6.54 Å². The zero-order chi connectivity index (χ0) is 9.97. The van der Waals surface area contributed by atoms with Gasteiger partial charge in [-0.2, -0.15) is 10.2 Å². The molecule has 1 aromatic carbocycles. The average molecular weight is 188 g/mol. The van der Waals surface area contributed by atoms with E-state index in [0.717, 1.165) is 5.56 Å². The van der Waals surface area contributed by atoms with E-state index in [1.807, 2.05) is 30.3 Å². The molecule has 0 fully saturated rings. The maximum Gasteiger partial charge on any atom is 0.156 e. The molecule has 1 aromatic rings. The van der Waals surface area contributed by atoms with Gasteiger partial charge in [-0.05, 0) is 12.5 Å². The van der Waals surface area contributed by atoms with Gasteiger partial charge in [0.05, 0.1) is 6.54 Å². The second kappa shape index (κ2) is 3.70. The molecule has 0 radical (unpaired) electrons. The number of azo groups is 1. The van der Waals surface area contributed by atoms with Crippen molar-refractivity contribution in [1.82, 2.24) is 0 Å². The SMILES string of the molecule is CC(=O)[C@H]1N=NC[C@H]1c1ccccc1. The molecule has 3 heteroatoms. The zero-order valence-corrected chi connectivity index (χ0v) is 8.05. The number of carbonyl (C=O) groups is 1. The Morgan fingerprint density at radius 1 is 1.36 bits per heavy atom. The molecule has 1 aliphatic heterocycles. The Morgan fingerprint density at radius 3 is 2.71 bits per heavy atom. The van der Waals surface area contributed by atoms with Gasteiger partial charge in [0.15, 0.2) is 5.78 Å². The molecule has 14 heavy (non-hydrogen) atoms. The maximum atomic E-state index is 11.3. The van der Waals surface area contributed by atoms with Gasteiger partial charge >= 0.3 is 0 Å². The second-order valence-electron chi connectivity index (χ2n) is 3.51. The minimum atomic E-state index is -0.266. The molecule has 2 atom stereocenters. The second-order valence-corrected chi connectivity index (χ2v) is 3.51. The summed E-state index contributed by atoms with van der Waals surface area (Å²) in [6.45, 7) is 2.21. The van der Waals surface area contributed by atoms with Crippen LogP contribution in [-0.4, -0.2) is 18.4 Å². The summed E-state index contributed by atoms with van der Waals surface area (Å²) in [4.78, 5) is 11.3. The van der Waals surface area contributed by atoms with E-state index in [1.54, 1.807) is 6.92 Å². The first-order valence-electron chi connectivity index (χ1n) is 4.71. The van der Waals surface area contributed by atoms with Crippen LogP contribution in [0.4, 0.5) is 0 Å². The lowest BCUT2D eigenvalue weighted by atomic mass is 9.91. The number of Topliss-reactive ketones (excluding diaryl/α,β-unsaturated/α-hetero) is 1. The lowest BCUT2D eigenvalue weighted by Gasteiger charge is -2.13. The third-order valence-electron chi connectivity index (χ3n) is 2.51. The Morgan fingerprint density at radius 2 is 2.07 bits per heavy atom. The van der Waals surface area contributed by atoms with Gasteiger partial charge in [0.2, 0.25) is 0 Å². The molecule has 0 bridgehead atoms. The molecular weight excluding hydrogens is 176 g/mol. The van der Waals surface area contributed by atoms with Crippen LogP contribution < -0.4 is 0 Å². The molecule has 0 aromatic heterocycles. The standard InChI is InChI=1S/C11H12N2O/c1-8(14)11-10(7-12-13-11)9-5-3-2-4-6-9/h2-6,10-11H,7H2,1H3/t10-,11+/m0/s1. The fourth-order valence-corrected chi connectivity index (χ4v) is 1.76. The maximum absolute atomic E-state index is 11.3. The summed E-state index contributed by atoms with van der Waals surface area (Å²) >= 11 is 0. The Labute approximate surface area is 82.9 Å². The van der Waals surface area contributed by atoms with Crippen LogP contribution in [0.3, 0.4) is 0 Å². The third-order valence-corrected chi connectivity index (χ3v) is 2.51. The summed E-state index contributed by atoms with van der Waals surface area (Å²) in [5, 5.41) is 7.92. The summed E-state index contributed by atoms with van der Waals surface area (Å²) < 4.78 is 0. The smallest absolute Gasteiger partial charge is 0.156 e. The number of ketones is 1. The predicted molar refractivity (Wildman–Crippen MR) is 53.4 cm³/mol. The van der Waals surface area contributed by atoms with Crippen molar-refractivity contribution in [3.05, 3.63) is 35.9 Å². The number of nitrogens with zero attached hydrogens (tertiary/aromatic N) is 2. The van der Waals surface area contributed by atoms with Crippen molar-refractivity contribution in [2.45, 2.75) is 18.9 Å². The van der Waals surface area contributed by atoms with E-state index in [4.69, 9.17) is 0 Å². The highest BCUT2D eigenvalue weighted by Crippen LogP contribution is 2.27. The number of hydrogen-bond donors (Lipinski definition) is 0. The molecule has 72 valence electrons. The highest BCUT2D eigenvalue weighted by atomic mass is 16.1. The normalized spacial score (nSPS) is 25.2. The molecule has 0 N–H and O–H groups in total. The quantitative estimate of drug-likeness (QED) is 0.701. The molecule has 0 saturated heterocycles. The summed E-state index contributed by atoms with van der Waals surface area (Å²) in [5.74, 6) is 0.244. The minimum Gasteiger partial charge on any atom is -0.298 e. The average Bonchev–Trinajstić information content (AvgIpc) is 2.67. The summed E-state index contributed by atoms with van der Waals surface area (Å²) in [7, 11) is 0. The molecule has 0 saturated carbocycles. The molecule has 1 aliphatic rings. The minimum absolute atomic E-state index is 0.0973. The molecule has 3 nitrogen and oxygen atoms in total. The van der Waals surface area contributed by atoms with Gasteiger partial charge in [-0.1, -0.05) is 30.3 Å². The number of rotatable bonds is 2. The zero-order valence-electron chi connectivity index (χ0n) is 8.05. The fourth-order valence-electron chi connectivity index (χ4n) is 1.76. The highest BCUT2D eigenvalue weighted by molar-refractivity contribution is 5.83. The van der Waals surface area contributed by atoms with Gasteiger partial charge in [-0.15, -0.1) is 0 Å². The van der Waals surface area contributed by atoms with Crippen molar-refractivity contribution in [2.75, 3.05) is 6.54 Å². The van der Waals surface area contributed by atoms with Gasteiger partial charge in [-0.25, -0.2) is 0 Å². The van der Waals surface area contributed by atoms with Gasteiger partial charge in [0.25, 0.3) is 0 Å². The molecular formula is C11H12N2O. The first-order valence-corrected chi connectivity index (χ1v) is 4.71. The van der Waals surface area contributed by atoms with Gasteiger partial charge in [-0.3, -0.25) is 4.79 Å². The van der Waals surface area contributed by atoms with Crippen LogP contribution in [0.2, 0.25) is 0 Å². The topological polar surface area (TPSA) is 41.8 Å². The number of hydrogen-bond acceptors (Lipinski definition) is 3. The molecule has 2 rings (SSSR count). The van der Waals surface area contributed by atoms with E-state index in [2.05, 4.69) is 10.2 Å². The lowest BCUT2D eigenvalue weighted by Crippen LogP contribution is -2.22. The van der Waals surface area contributed by atoms with Crippen LogP contribution in [0.5, 0.6) is 0 Å². The van der Waals surface area contributed by atoms with E-state index >= 15 is 0 Å². The number of benzene rings is 1. The van der Waals surface area contributed by atoms with Crippen LogP contribution in [0.15, 0.2) is 40.6 Å². The van der Waals surface area contributed by atoms with Crippen LogP contribution in [0.1, 0.15) is 18.4 Å². The van der Waals surface area contributed by atoms with E-state index in [-0.39, 0.29) is 17.7 Å². The monoisotopic (exact) mass is 188 g/mol. The van der Waals surface area contributed by atoms with Crippen LogP contribution in [-0.2, 0) is 4.79 Å². The van der Waals surface area contributed by atoms with Crippen LogP contribution >= 0.6 is 0 Å². The summed E-state index contributed by atoms with van der Waals surface area (Å²) in [6.07, 6.45) is 0. The van der Waals surface area contributed by atoms with E-state index in [9.17, 15) is 4.79 Å². The number of carbonyl (C=O) groups excluding carboxylic acids is 1. The Kier molecular flexibility index (Phi) is 2.39. The first kappa shape index (κ1) is 9.06. The fraction of sp³-hybridized carbons (Fsp3) is 0.364. The van der Waals surface area contributed by atoms with Crippen molar-refractivity contribution < 1.29 is 4.79 Å². The van der Waals surface area contributed by atoms with Crippen molar-refractivity contribution in [3.63, 3.8) is 0 Å². The Hall–Kier alpha value is -1.51. The van der Waals surface area contributed by atoms with Gasteiger partial charge in [0, 0.05) is 5.92 Å². The molecule has 0 unspecified atom stereocenters. The van der Waals surface area contributed by atoms with Gasteiger partial charge < -0.3 is 0 Å². The Bertz CT molecular complexity index is 359. The van der Waals surface area contributed by atoms with Crippen molar-refractivity contribution >= 4 is 5.78 Å². The van der Waals surface area contributed by atoms with Crippen molar-refractivity contribution in [1.29, 1.82) is 0 Å². The van der Waals surface area contributed by atoms with Crippen molar-refractivity contribution in [2.24, 2.45) is 10.2 Å². The van der Waals surface area contributed by atoms with Gasteiger partial charge in [0.1, 0.15) is 6.04 Å². The van der Waals surface area contributed by atoms with Crippen LogP contribution in [0, 0.1) is 0 Å². The predicted octanol–water partition coefficient (Wildman–Crippen LogP) is 2.19. The molecule has 1 heterocycles. The van der Waals surface area contributed by atoms with Crippen LogP contribution in [0.25, 0.3) is 0 Å². The Balaban J connectivity index is 2.24. The summed E-state index contributed by atoms with van der Waals surface area (Å²) in [5.41, 5.74) is 1.15. The van der Waals surface area contributed by atoms with E-state index in [1.165, 1.54) is 0 Å². The van der Waals surface area contributed by atoms with E-state index < -0.39 is 0 Å². The molecule has 0 amide bonds. The summed E-state index contributed by atoms with van der Waals surface area (Å²) in [6, 6.07) is 9.71. The lowest BCUT2D eigenvalue weighted by molar-refractivity contribution is -0.118. The largest absolute Gasteiger partial charge is 0.298 e. The molecule has 0 aliphatic carbocycles. The third kappa shape index (κ3) is 1.58. The first-order chi connectivity index (χ1) is 6.79.